The maximum absolute atomic E-state index is 13.0. The number of rotatable bonds is 9. The summed E-state index contributed by atoms with van der Waals surface area (Å²) in [6, 6.07) is 4.68. The first-order valence-corrected chi connectivity index (χ1v) is 11.7. The van der Waals surface area contributed by atoms with Crippen LogP contribution in [0.2, 0.25) is 0 Å². The molecule has 0 saturated carbocycles. The zero-order valence-corrected chi connectivity index (χ0v) is 20.0. The minimum absolute atomic E-state index is 0.0848. The van der Waals surface area contributed by atoms with Gasteiger partial charge in [0, 0.05) is 38.0 Å². The van der Waals surface area contributed by atoms with Crippen molar-refractivity contribution >= 4 is 23.4 Å². The fourth-order valence-corrected chi connectivity index (χ4v) is 4.33. The second-order valence-electron chi connectivity index (χ2n) is 8.40. The summed E-state index contributed by atoms with van der Waals surface area (Å²) in [5, 5.41) is 16.9. The number of aliphatic hydroxyl groups is 1. The summed E-state index contributed by atoms with van der Waals surface area (Å²) >= 11 is 0. The van der Waals surface area contributed by atoms with Crippen LogP contribution < -0.4 is 15.1 Å². The fourth-order valence-electron chi connectivity index (χ4n) is 4.33. The van der Waals surface area contributed by atoms with Crippen molar-refractivity contribution in [3.63, 3.8) is 0 Å². The molecule has 36 heavy (non-hydrogen) atoms. The van der Waals surface area contributed by atoms with Gasteiger partial charge in [0.15, 0.2) is 5.82 Å². The van der Waals surface area contributed by atoms with Crippen molar-refractivity contribution in [2.75, 3.05) is 34.8 Å². The number of fused-ring (bicyclic) bond motifs is 1. The smallest absolute Gasteiger partial charge is 0.396 e. The predicted octanol–water partition coefficient (Wildman–Crippen LogP) is 3.30. The highest BCUT2D eigenvalue weighted by Crippen LogP contribution is 2.35. The lowest BCUT2D eigenvalue weighted by Gasteiger charge is -2.41. The minimum Gasteiger partial charge on any atom is -0.396 e. The summed E-state index contributed by atoms with van der Waals surface area (Å²) in [7, 11) is 0. The van der Waals surface area contributed by atoms with E-state index in [-0.39, 0.29) is 19.1 Å². The molecule has 0 bridgehead atoms. The van der Waals surface area contributed by atoms with E-state index in [1.54, 1.807) is 34.2 Å². The van der Waals surface area contributed by atoms with Crippen LogP contribution >= 0.6 is 0 Å². The summed E-state index contributed by atoms with van der Waals surface area (Å²) in [5.41, 5.74) is 1.24. The molecular formula is C24H28F3N7O2. The molecule has 9 nitrogen and oxygen atoms in total. The molecule has 0 saturated heterocycles. The van der Waals surface area contributed by atoms with Gasteiger partial charge in [0.25, 0.3) is 0 Å². The van der Waals surface area contributed by atoms with Crippen LogP contribution in [-0.4, -0.2) is 56.5 Å². The van der Waals surface area contributed by atoms with Crippen LogP contribution in [0.1, 0.15) is 37.0 Å². The third-order valence-corrected chi connectivity index (χ3v) is 6.04. The topological polar surface area (TPSA) is 99.4 Å². The van der Waals surface area contributed by atoms with E-state index in [1.807, 2.05) is 18.7 Å². The number of nitrogens with one attached hydrogen (secondary N) is 1. The number of alkyl halides is 3. The Morgan fingerprint density at radius 3 is 2.64 bits per heavy atom. The van der Waals surface area contributed by atoms with Crippen LogP contribution in [0, 0.1) is 0 Å². The van der Waals surface area contributed by atoms with Gasteiger partial charge in [0.2, 0.25) is 11.9 Å². The van der Waals surface area contributed by atoms with Gasteiger partial charge in [-0.15, -0.1) is 0 Å². The van der Waals surface area contributed by atoms with Crippen LogP contribution in [0.3, 0.4) is 0 Å². The summed E-state index contributed by atoms with van der Waals surface area (Å²) < 4.78 is 40.5. The van der Waals surface area contributed by atoms with Crippen molar-refractivity contribution in [2.24, 2.45) is 0 Å². The number of aliphatic hydroxyl groups excluding tert-OH is 1. The van der Waals surface area contributed by atoms with Gasteiger partial charge in [-0.2, -0.15) is 23.3 Å². The molecule has 0 fully saturated rings. The fraction of sp³-hybridized carbons (Fsp3) is 0.417. The van der Waals surface area contributed by atoms with Crippen LogP contribution in [0.15, 0.2) is 42.9 Å². The third kappa shape index (κ3) is 5.27. The number of likely N-dealkylation sites (N-methyl/N-ethyl adjacent to an activating group) is 2. The molecule has 1 atom stereocenters. The monoisotopic (exact) mass is 503 g/mol. The molecule has 4 rings (SSSR count). The number of aromatic nitrogens is 4. The number of carbonyl (C=O) groups is 1. The van der Waals surface area contributed by atoms with Gasteiger partial charge in [-0.1, -0.05) is 12.1 Å². The third-order valence-electron chi connectivity index (χ3n) is 6.04. The highest BCUT2D eigenvalue weighted by molar-refractivity contribution is 6.04. The van der Waals surface area contributed by atoms with E-state index >= 15 is 0 Å². The number of hydrogen-bond acceptors (Lipinski definition) is 7. The van der Waals surface area contributed by atoms with Crippen molar-refractivity contribution in [2.45, 2.75) is 45.6 Å². The summed E-state index contributed by atoms with van der Waals surface area (Å²) in [4.78, 5) is 25.4. The maximum atomic E-state index is 13.0. The highest BCUT2D eigenvalue weighted by Gasteiger charge is 2.38. The number of halogens is 3. The molecule has 0 unspecified atom stereocenters. The second-order valence-corrected chi connectivity index (χ2v) is 8.40. The van der Waals surface area contributed by atoms with E-state index in [2.05, 4.69) is 20.4 Å². The molecule has 3 heterocycles. The first-order chi connectivity index (χ1) is 17.2. The zero-order valence-electron chi connectivity index (χ0n) is 20.0. The van der Waals surface area contributed by atoms with Gasteiger partial charge in [0.1, 0.15) is 11.7 Å². The molecule has 12 heteroatoms. The minimum atomic E-state index is -4.39. The van der Waals surface area contributed by atoms with Gasteiger partial charge in [-0.05, 0) is 38.0 Å². The maximum Gasteiger partial charge on any atom is 0.416 e. The van der Waals surface area contributed by atoms with Crippen LogP contribution in [-0.2, 0) is 24.1 Å². The Labute approximate surface area is 206 Å². The number of anilines is 3. The summed E-state index contributed by atoms with van der Waals surface area (Å²) in [5.74, 6) is 0.902. The van der Waals surface area contributed by atoms with Gasteiger partial charge < -0.3 is 20.2 Å². The largest absolute Gasteiger partial charge is 0.416 e. The Bertz CT molecular complexity index is 1210. The van der Waals surface area contributed by atoms with Crippen molar-refractivity contribution in [3.8, 4) is 0 Å². The van der Waals surface area contributed by atoms with Crippen molar-refractivity contribution in [1.82, 2.24) is 19.7 Å². The predicted molar refractivity (Wildman–Crippen MR) is 129 cm³/mol. The Morgan fingerprint density at radius 1 is 1.14 bits per heavy atom. The summed E-state index contributed by atoms with van der Waals surface area (Å²) in [6.07, 6.45) is 0.906. The van der Waals surface area contributed by atoms with E-state index in [4.69, 9.17) is 0 Å². The summed E-state index contributed by atoms with van der Waals surface area (Å²) in [6.45, 7) is 5.26. The molecule has 1 aliphatic rings. The van der Waals surface area contributed by atoms with Gasteiger partial charge >= 0.3 is 6.18 Å². The molecule has 0 aliphatic carbocycles. The zero-order chi connectivity index (χ0) is 25.9. The molecular weight excluding hydrogens is 475 g/mol. The normalized spacial score (nSPS) is 15.8. The number of nitrogens with zero attached hydrogens (tertiary/aromatic N) is 6. The number of benzene rings is 1. The number of carbonyl (C=O) groups excluding carboxylic acids is 1. The van der Waals surface area contributed by atoms with E-state index in [9.17, 15) is 23.1 Å². The highest BCUT2D eigenvalue weighted by atomic mass is 19.4. The first kappa shape index (κ1) is 25.4. The van der Waals surface area contributed by atoms with Gasteiger partial charge in [-0.25, -0.2) is 4.98 Å². The van der Waals surface area contributed by atoms with Crippen molar-refractivity contribution < 1.29 is 23.1 Å². The lowest BCUT2D eigenvalue weighted by molar-refractivity contribution is -0.137. The van der Waals surface area contributed by atoms with Gasteiger partial charge in [0.05, 0.1) is 24.5 Å². The quantitative estimate of drug-likeness (QED) is 0.462. The Morgan fingerprint density at radius 2 is 1.94 bits per heavy atom. The van der Waals surface area contributed by atoms with Crippen LogP contribution in [0.5, 0.6) is 0 Å². The lowest BCUT2D eigenvalue weighted by atomic mass is 10.1. The lowest BCUT2D eigenvalue weighted by Crippen LogP contribution is -2.54. The molecule has 2 N–H and O–H groups in total. The van der Waals surface area contributed by atoms with Crippen LogP contribution in [0.25, 0.3) is 0 Å². The van der Waals surface area contributed by atoms with E-state index in [0.717, 1.165) is 17.7 Å². The van der Waals surface area contributed by atoms with Crippen molar-refractivity contribution in [1.29, 1.82) is 0 Å². The van der Waals surface area contributed by atoms with Crippen molar-refractivity contribution in [3.05, 3.63) is 59.5 Å². The molecule has 1 aromatic carbocycles. The standard InChI is InChI=1S/C24H28F3N7O2/c1-3-33-19(8-9-35)22(36)34(4-2)20-13-29-23(31-21(20)33)28-11-17-12-30-32(15-17)14-16-6-5-7-18(10-16)24(25,26)27/h5-7,10,12-13,15,19,35H,3-4,8-9,11,14H2,1-2H3,(H,28,29,31)/t19-/m0/s1. The first-order valence-electron chi connectivity index (χ1n) is 11.7. The second kappa shape index (κ2) is 10.5. The average molecular weight is 504 g/mol. The number of hydrogen-bond donors (Lipinski definition) is 2. The Kier molecular flexibility index (Phi) is 7.43. The molecule has 2 aromatic heterocycles. The van der Waals surface area contributed by atoms with E-state index in [0.29, 0.717) is 49.1 Å². The SMILES string of the molecule is CCN1C(=O)[C@H](CCO)N(CC)c2nc(NCc3cnn(Cc4cccc(C(F)(F)F)c4)c3)ncc21. The van der Waals surface area contributed by atoms with Gasteiger partial charge in [-0.3, -0.25) is 9.48 Å². The Hall–Kier alpha value is -3.67. The molecule has 1 amide bonds. The molecule has 0 radical (unpaired) electrons. The Balaban J connectivity index is 1.47. The molecule has 3 aromatic rings. The molecule has 1 aliphatic heterocycles. The average Bonchev–Trinajstić information content (AvgIpc) is 3.30. The van der Waals surface area contributed by atoms with E-state index < -0.39 is 17.8 Å². The molecule has 192 valence electrons. The van der Waals surface area contributed by atoms with Crippen LogP contribution in [0.4, 0.5) is 30.6 Å². The number of amides is 1. The van der Waals surface area contributed by atoms with E-state index in [1.165, 1.54) is 6.07 Å². The molecule has 0 spiro atoms.